The second-order valence-electron chi connectivity index (χ2n) is 5.63. The molecule has 1 fully saturated rings. The van der Waals surface area contributed by atoms with Crippen molar-refractivity contribution in [3.8, 4) is 0 Å². The molecule has 27 heavy (non-hydrogen) atoms. The average Bonchev–Trinajstić information content (AvgIpc) is 3.20. The van der Waals surface area contributed by atoms with Crippen LogP contribution in [0.25, 0.3) is 0 Å². The monoisotopic (exact) mass is 421 g/mol. The average molecular weight is 421 g/mol. The van der Waals surface area contributed by atoms with Gasteiger partial charge in [0.1, 0.15) is 5.69 Å². The zero-order valence-corrected chi connectivity index (χ0v) is 15.2. The molecule has 0 spiro atoms. The van der Waals surface area contributed by atoms with Crippen LogP contribution in [0.2, 0.25) is 0 Å². The number of hydrogen-bond donors (Lipinski definition) is 1. The van der Waals surface area contributed by atoms with Crippen molar-refractivity contribution in [2.75, 3.05) is 31.1 Å². The highest BCUT2D eigenvalue weighted by molar-refractivity contribution is 7.80. The van der Waals surface area contributed by atoms with Crippen LogP contribution in [-0.4, -0.2) is 42.1 Å². The van der Waals surface area contributed by atoms with E-state index in [-0.39, 0.29) is 37.2 Å². The molecule has 1 saturated heterocycles. The standard InChI is InChI=1S/C16H12F5N3OS2/c17-9-10(18)12(20)14(13(21)11(9)19)23-3-5-24(6-4-23)16(26)22-15(25)8-2-1-7-27-8/h1-2,7H,3-6H2,(H,22,25,26). The first-order valence-corrected chi connectivity index (χ1v) is 9.00. The molecule has 2 aromatic rings. The quantitative estimate of drug-likeness (QED) is 0.350. The molecule has 1 aliphatic rings. The number of halogens is 5. The van der Waals surface area contributed by atoms with Gasteiger partial charge in [0.15, 0.2) is 28.4 Å². The Kier molecular flexibility index (Phi) is 5.61. The highest BCUT2D eigenvalue weighted by Crippen LogP contribution is 2.30. The van der Waals surface area contributed by atoms with Crippen LogP contribution in [0.5, 0.6) is 0 Å². The lowest BCUT2D eigenvalue weighted by Gasteiger charge is -2.37. The highest BCUT2D eigenvalue weighted by Gasteiger charge is 2.31. The van der Waals surface area contributed by atoms with Gasteiger partial charge >= 0.3 is 0 Å². The summed E-state index contributed by atoms with van der Waals surface area (Å²) in [4.78, 5) is 15.1. The summed E-state index contributed by atoms with van der Waals surface area (Å²) in [6.45, 7) is 0.215. The number of hydrogen-bond acceptors (Lipinski definition) is 4. The van der Waals surface area contributed by atoms with Gasteiger partial charge in [-0.05, 0) is 23.7 Å². The van der Waals surface area contributed by atoms with Gasteiger partial charge in [-0.1, -0.05) is 6.07 Å². The van der Waals surface area contributed by atoms with E-state index >= 15 is 0 Å². The van der Waals surface area contributed by atoms with Crippen molar-refractivity contribution in [2.24, 2.45) is 0 Å². The molecule has 1 aromatic heterocycles. The Morgan fingerprint density at radius 2 is 1.52 bits per heavy atom. The molecule has 0 atom stereocenters. The van der Waals surface area contributed by atoms with E-state index in [1.165, 1.54) is 11.3 Å². The Bertz CT molecular complexity index is 854. The summed E-state index contributed by atoms with van der Waals surface area (Å²) >= 11 is 6.39. The number of carbonyl (C=O) groups is 1. The summed E-state index contributed by atoms with van der Waals surface area (Å²) in [5.41, 5.74) is -0.959. The molecule has 1 amide bonds. The van der Waals surface area contributed by atoms with Crippen molar-refractivity contribution in [2.45, 2.75) is 0 Å². The van der Waals surface area contributed by atoms with E-state index < -0.39 is 34.8 Å². The van der Waals surface area contributed by atoms with E-state index in [0.717, 1.165) is 4.90 Å². The van der Waals surface area contributed by atoms with Crippen molar-refractivity contribution in [3.05, 3.63) is 51.5 Å². The van der Waals surface area contributed by atoms with Gasteiger partial charge < -0.3 is 9.80 Å². The third kappa shape index (κ3) is 3.74. The summed E-state index contributed by atoms with van der Waals surface area (Å²) in [6, 6.07) is 3.34. The smallest absolute Gasteiger partial charge is 0.267 e. The molecule has 1 aromatic carbocycles. The Hall–Kier alpha value is -2.27. The second kappa shape index (κ2) is 7.77. The van der Waals surface area contributed by atoms with Crippen LogP contribution in [-0.2, 0) is 0 Å². The number of carbonyl (C=O) groups excluding carboxylic acids is 1. The molecule has 144 valence electrons. The van der Waals surface area contributed by atoms with Crippen LogP contribution < -0.4 is 10.2 Å². The number of amides is 1. The summed E-state index contributed by atoms with van der Waals surface area (Å²) in [5, 5.41) is 4.41. The van der Waals surface area contributed by atoms with Gasteiger partial charge in [0.25, 0.3) is 5.91 Å². The van der Waals surface area contributed by atoms with Crippen molar-refractivity contribution < 1.29 is 26.7 Å². The first kappa shape index (κ1) is 19.5. The molecule has 11 heteroatoms. The summed E-state index contributed by atoms with van der Waals surface area (Å²) in [5.74, 6) is -10.3. The fraction of sp³-hybridized carbons (Fsp3) is 0.250. The van der Waals surface area contributed by atoms with E-state index in [2.05, 4.69) is 5.32 Å². The number of thiocarbonyl (C=S) groups is 1. The third-order valence-corrected chi connectivity index (χ3v) is 5.26. The molecule has 0 unspecified atom stereocenters. The number of nitrogens with zero attached hydrogens (tertiary/aromatic N) is 2. The number of rotatable bonds is 2. The topological polar surface area (TPSA) is 35.6 Å². The molecule has 3 rings (SSSR count). The lowest BCUT2D eigenvalue weighted by molar-refractivity contribution is 0.0977. The molecule has 1 N–H and O–H groups in total. The van der Waals surface area contributed by atoms with E-state index in [1.807, 2.05) is 0 Å². The highest BCUT2D eigenvalue weighted by atomic mass is 32.1. The van der Waals surface area contributed by atoms with Crippen LogP contribution >= 0.6 is 23.6 Å². The Morgan fingerprint density at radius 1 is 0.963 bits per heavy atom. The van der Waals surface area contributed by atoms with Gasteiger partial charge in [-0.25, -0.2) is 22.0 Å². The van der Waals surface area contributed by atoms with Gasteiger partial charge in [-0.15, -0.1) is 11.3 Å². The summed E-state index contributed by atoms with van der Waals surface area (Å²) in [6.07, 6.45) is 0. The molecule has 0 bridgehead atoms. The Labute approximate surface area is 160 Å². The molecular weight excluding hydrogens is 409 g/mol. The molecule has 0 radical (unpaired) electrons. The molecule has 2 heterocycles. The maximum Gasteiger partial charge on any atom is 0.267 e. The van der Waals surface area contributed by atoms with Gasteiger partial charge in [-0.2, -0.15) is 0 Å². The SMILES string of the molecule is O=C(NC(=S)N1CCN(c2c(F)c(F)c(F)c(F)c2F)CC1)c1cccs1. The first-order chi connectivity index (χ1) is 12.8. The van der Waals surface area contributed by atoms with Crippen molar-refractivity contribution >= 4 is 40.3 Å². The third-order valence-electron chi connectivity index (χ3n) is 4.04. The minimum Gasteiger partial charge on any atom is -0.363 e. The van der Waals surface area contributed by atoms with Crippen molar-refractivity contribution in [1.29, 1.82) is 0 Å². The van der Waals surface area contributed by atoms with Gasteiger partial charge in [0.2, 0.25) is 5.82 Å². The normalized spacial score (nSPS) is 14.4. The lowest BCUT2D eigenvalue weighted by Crippen LogP contribution is -2.53. The summed E-state index contributed by atoms with van der Waals surface area (Å²) in [7, 11) is 0. The largest absolute Gasteiger partial charge is 0.363 e. The summed E-state index contributed by atoms with van der Waals surface area (Å²) < 4.78 is 67.7. The zero-order valence-electron chi connectivity index (χ0n) is 13.6. The minimum absolute atomic E-state index is 0.0344. The zero-order chi connectivity index (χ0) is 19.7. The predicted octanol–water partition coefficient (Wildman–Crippen LogP) is 3.28. The van der Waals surface area contributed by atoms with Crippen molar-refractivity contribution in [1.82, 2.24) is 10.2 Å². The maximum absolute atomic E-state index is 13.9. The van der Waals surface area contributed by atoms with Crippen LogP contribution in [0.3, 0.4) is 0 Å². The molecule has 1 aliphatic heterocycles. The second-order valence-corrected chi connectivity index (χ2v) is 6.96. The Morgan fingerprint density at radius 3 is 2.04 bits per heavy atom. The first-order valence-electron chi connectivity index (χ1n) is 7.71. The van der Waals surface area contributed by atoms with Gasteiger partial charge in [0, 0.05) is 26.2 Å². The van der Waals surface area contributed by atoms with E-state index in [4.69, 9.17) is 12.2 Å². The van der Waals surface area contributed by atoms with Crippen LogP contribution in [0, 0.1) is 29.1 Å². The van der Waals surface area contributed by atoms with Gasteiger partial charge in [-0.3, -0.25) is 10.1 Å². The fourth-order valence-corrected chi connectivity index (χ4v) is 3.54. The van der Waals surface area contributed by atoms with Crippen LogP contribution in [0.1, 0.15) is 9.67 Å². The maximum atomic E-state index is 13.9. The predicted molar refractivity (Wildman–Crippen MR) is 94.4 cm³/mol. The van der Waals surface area contributed by atoms with Crippen LogP contribution in [0.15, 0.2) is 17.5 Å². The molecular formula is C16H12F5N3OS2. The number of thiophene rings is 1. The number of piperazine rings is 1. The molecule has 4 nitrogen and oxygen atoms in total. The van der Waals surface area contributed by atoms with E-state index in [0.29, 0.717) is 4.88 Å². The van der Waals surface area contributed by atoms with E-state index in [1.54, 1.807) is 22.4 Å². The molecule has 0 aliphatic carbocycles. The molecule has 0 saturated carbocycles. The Balaban J connectivity index is 1.67. The van der Waals surface area contributed by atoms with Crippen molar-refractivity contribution in [3.63, 3.8) is 0 Å². The van der Waals surface area contributed by atoms with Crippen LogP contribution in [0.4, 0.5) is 27.6 Å². The fourth-order valence-electron chi connectivity index (χ4n) is 2.65. The number of anilines is 1. The lowest BCUT2D eigenvalue weighted by atomic mass is 10.2. The van der Waals surface area contributed by atoms with E-state index in [9.17, 15) is 26.7 Å². The van der Waals surface area contributed by atoms with Gasteiger partial charge in [0.05, 0.1) is 4.88 Å². The number of nitrogens with one attached hydrogen (secondary N) is 1. The minimum atomic E-state index is -2.19. The number of benzene rings is 1.